The molecule has 2 aromatic carbocycles. The highest BCUT2D eigenvalue weighted by molar-refractivity contribution is 6.33. The van der Waals surface area contributed by atoms with Gasteiger partial charge in [0.1, 0.15) is 0 Å². The third kappa shape index (κ3) is 8.04. The van der Waals surface area contributed by atoms with Crippen molar-refractivity contribution >= 4 is 51.0 Å². The molecular weight excluding hydrogens is 709 g/mol. The second-order valence-electron chi connectivity index (χ2n) is 14.5. The Labute approximate surface area is 311 Å². The van der Waals surface area contributed by atoms with Crippen LogP contribution < -0.4 is 11.4 Å². The number of imidazole rings is 1. The molecule has 2 aromatic heterocycles. The lowest BCUT2D eigenvalue weighted by molar-refractivity contribution is -0.143. The predicted molar refractivity (Wildman–Crippen MR) is 201 cm³/mol. The van der Waals surface area contributed by atoms with Crippen molar-refractivity contribution in [1.29, 1.82) is 0 Å². The molecule has 53 heavy (non-hydrogen) atoms. The number of hydrogen-bond donors (Lipinski definition) is 2. The summed E-state index contributed by atoms with van der Waals surface area (Å²) in [6.45, 7) is 5.72. The Kier molecular flexibility index (Phi) is 11.4. The minimum Gasteiger partial charge on any atom is -0.397 e. The van der Waals surface area contributed by atoms with Crippen molar-refractivity contribution in [3.8, 4) is 0 Å². The van der Waals surface area contributed by atoms with Crippen molar-refractivity contribution in [2.45, 2.75) is 64.2 Å². The van der Waals surface area contributed by atoms with E-state index in [1.54, 1.807) is 20.6 Å². The highest BCUT2D eigenvalue weighted by Crippen LogP contribution is 2.39. The number of piperazine rings is 1. The lowest BCUT2D eigenvalue weighted by Crippen LogP contribution is -2.53. The summed E-state index contributed by atoms with van der Waals surface area (Å²) in [5.41, 5.74) is 6.24. The zero-order chi connectivity index (χ0) is 36.7. The molecule has 3 N–H and O–H groups in total. The molecule has 0 radical (unpaired) electrons. The molecule has 3 aliphatic heterocycles. The molecule has 0 unspecified atom stereocenters. The number of carbonyl (C=O) groups excluding carboxylic acids is 2. The number of benzene rings is 2. The van der Waals surface area contributed by atoms with Crippen LogP contribution in [0, 0.1) is 5.92 Å². The van der Waals surface area contributed by atoms with Crippen LogP contribution in [-0.2, 0) is 22.2 Å². The van der Waals surface area contributed by atoms with Gasteiger partial charge in [0.15, 0.2) is 0 Å². The number of nitrogens with one attached hydrogen (secondary N) is 1. The average molecular weight is 757 g/mol. The van der Waals surface area contributed by atoms with Crippen molar-refractivity contribution in [3.63, 3.8) is 0 Å². The molecule has 3 fully saturated rings. The molecule has 0 bridgehead atoms. The number of pyridine rings is 1. The van der Waals surface area contributed by atoms with Crippen LogP contribution in [0.15, 0.2) is 47.4 Å². The highest BCUT2D eigenvalue weighted by atomic mass is 35.5. The molecule has 3 saturated heterocycles. The van der Waals surface area contributed by atoms with E-state index in [0.717, 1.165) is 61.5 Å². The number of rotatable bonds is 7. The Morgan fingerprint density at radius 1 is 0.962 bits per heavy atom. The Bertz CT molecular complexity index is 2010. The van der Waals surface area contributed by atoms with E-state index in [1.165, 1.54) is 6.07 Å². The zero-order valence-corrected chi connectivity index (χ0v) is 29.9. The number of H-pyrrole nitrogens is 1. The van der Waals surface area contributed by atoms with E-state index < -0.39 is 23.3 Å². The van der Waals surface area contributed by atoms with Gasteiger partial charge in [-0.2, -0.15) is 13.2 Å². The fraction of sp³-hybridized carbons (Fsp3) is 0.526. The highest BCUT2D eigenvalue weighted by Gasteiger charge is 2.37. The van der Waals surface area contributed by atoms with Crippen LogP contribution in [0.1, 0.15) is 56.7 Å². The fourth-order valence-corrected chi connectivity index (χ4v) is 8.49. The molecule has 3 aliphatic rings. The number of hydrogen-bond acceptors (Lipinski definition) is 7. The molecular formula is C38H48ClF3N8O3. The molecule has 4 aromatic rings. The lowest BCUT2D eigenvalue weighted by atomic mass is 9.91. The van der Waals surface area contributed by atoms with Gasteiger partial charge in [-0.1, -0.05) is 37.2 Å². The molecule has 7 rings (SSSR count). The number of anilines is 1. The number of likely N-dealkylation sites (N-methyl/N-ethyl adjacent to an activating group) is 1. The van der Waals surface area contributed by atoms with Crippen LogP contribution in [0.5, 0.6) is 0 Å². The molecule has 2 amide bonds. The first-order chi connectivity index (χ1) is 24.9. The van der Waals surface area contributed by atoms with Crippen LogP contribution >= 0.6 is 11.6 Å². The number of nitrogens with two attached hydrogens (primary N) is 1. The third-order valence-corrected chi connectivity index (χ3v) is 11.5. The van der Waals surface area contributed by atoms with Crippen molar-refractivity contribution in [2.24, 2.45) is 5.92 Å². The van der Waals surface area contributed by atoms with E-state index in [9.17, 15) is 27.6 Å². The number of amides is 2. The van der Waals surface area contributed by atoms with Crippen LogP contribution in [0.4, 0.5) is 18.9 Å². The van der Waals surface area contributed by atoms with Gasteiger partial charge in [0, 0.05) is 76.2 Å². The maximum Gasteiger partial charge on any atom is 0.418 e. The van der Waals surface area contributed by atoms with Gasteiger partial charge in [0.25, 0.3) is 0 Å². The molecule has 0 spiro atoms. The second-order valence-corrected chi connectivity index (χ2v) is 14.9. The van der Waals surface area contributed by atoms with E-state index in [-0.39, 0.29) is 54.4 Å². The molecule has 11 nitrogen and oxygen atoms in total. The van der Waals surface area contributed by atoms with Crippen molar-refractivity contribution in [3.05, 3.63) is 69.2 Å². The molecule has 286 valence electrons. The van der Waals surface area contributed by atoms with Crippen molar-refractivity contribution in [1.82, 2.24) is 34.1 Å². The fourth-order valence-electron chi connectivity index (χ4n) is 8.25. The zero-order valence-electron chi connectivity index (χ0n) is 29.2. The summed E-state index contributed by atoms with van der Waals surface area (Å²) in [7, 11) is 2.11. The number of nitrogen functional groups attached to an aromatic ring is 1. The predicted octanol–water partition coefficient (Wildman–Crippen LogP) is 5.42. The van der Waals surface area contributed by atoms with E-state index in [0.29, 0.717) is 50.6 Å². The maximum atomic E-state index is 14.2. The topological polar surface area (TPSA) is 124 Å². The Balaban J connectivity index is 0.00000481. The summed E-state index contributed by atoms with van der Waals surface area (Å²) in [6, 6.07) is 10.1. The summed E-state index contributed by atoms with van der Waals surface area (Å²) in [5, 5.41) is 0.612. The first kappa shape index (κ1) is 38.6. The third-order valence-electron chi connectivity index (χ3n) is 11.2. The number of para-hydroxylation sites is 1. The van der Waals surface area contributed by atoms with Crippen LogP contribution in [-0.4, -0.2) is 111 Å². The number of fused-ring (bicyclic) bond motifs is 3. The van der Waals surface area contributed by atoms with Crippen molar-refractivity contribution < 1.29 is 22.8 Å². The molecule has 0 saturated carbocycles. The van der Waals surface area contributed by atoms with Gasteiger partial charge in [-0.25, -0.2) is 4.79 Å². The number of piperidine rings is 2. The van der Waals surface area contributed by atoms with Gasteiger partial charge in [0.05, 0.1) is 44.9 Å². The lowest BCUT2D eigenvalue weighted by Gasteiger charge is -2.42. The number of halogens is 4. The monoisotopic (exact) mass is 756 g/mol. The average Bonchev–Trinajstić information content (AvgIpc) is 3.48. The van der Waals surface area contributed by atoms with Crippen molar-refractivity contribution in [2.75, 3.05) is 65.1 Å². The van der Waals surface area contributed by atoms with Gasteiger partial charge in [0.2, 0.25) is 11.8 Å². The van der Waals surface area contributed by atoms with E-state index in [2.05, 4.69) is 26.8 Å². The van der Waals surface area contributed by atoms with Crippen LogP contribution in [0.3, 0.4) is 0 Å². The number of carbonyl (C=O) groups is 2. The van der Waals surface area contributed by atoms with Crippen LogP contribution in [0.25, 0.3) is 21.9 Å². The number of aromatic amines is 1. The number of aromatic nitrogens is 3. The summed E-state index contributed by atoms with van der Waals surface area (Å²) in [4.78, 5) is 57.0. The minimum absolute atomic E-state index is 0. The van der Waals surface area contributed by atoms with Gasteiger partial charge in [-0.05, 0) is 62.9 Å². The normalized spacial score (nSPS) is 19.1. The van der Waals surface area contributed by atoms with Crippen LogP contribution in [0.2, 0.25) is 5.02 Å². The van der Waals surface area contributed by atoms with Gasteiger partial charge in [-0.15, -0.1) is 0 Å². The Hall–Kier alpha value is -4.14. The largest absolute Gasteiger partial charge is 0.418 e. The molecule has 15 heteroatoms. The summed E-state index contributed by atoms with van der Waals surface area (Å²) >= 11 is 6.16. The quantitative estimate of drug-likeness (QED) is 0.242. The minimum atomic E-state index is -4.73. The molecule has 1 atom stereocenters. The maximum absolute atomic E-state index is 14.2. The molecule has 5 heterocycles. The number of likely N-dealkylation sites (tertiary alicyclic amines) is 2. The van der Waals surface area contributed by atoms with E-state index in [1.807, 2.05) is 24.3 Å². The molecule has 0 aliphatic carbocycles. The van der Waals surface area contributed by atoms with Gasteiger partial charge in [-0.3, -0.25) is 24.0 Å². The number of nitrogens with zero attached hydrogens (tertiary/aromatic N) is 6. The first-order valence-corrected chi connectivity index (χ1v) is 18.4. The SMILES string of the molecule is C.CN1CCN(C2CCN(C(=O)[C@H](CC(=O)N3CCC(n4c(=O)[nH]c5c6ccccc6ncc54)CC3)Cc3cc(Cl)c(N)c(C(F)(F)F)c3)CC2)CC1. The summed E-state index contributed by atoms with van der Waals surface area (Å²) < 4.78 is 43.3. The van der Waals surface area contributed by atoms with E-state index >= 15 is 0 Å². The second kappa shape index (κ2) is 15.7. The van der Waals surface area contributed by atoms with E-state index in [4.69, 9.17) is 17.3 Å². The first-order valence-electron chi connectivity index (χ1n) is 18.0. The van der Waals surface area contributed by atoms with Gasteiger partial charge >= 0.3 is 11.9 Å². The summed E-state index contributed by atoms with van der Waals surface area (Å²) in [6.07, 6.45) is -0.640. The summed E-state index contributed by atoms with van der Waals surface area (Å²) in [5.74, 6) is -1.38. The Morgan fingerprint density at radius 2 is 1.60 bits per heavy atom. The van der Waals surface area contributed by atoms with Gasteiger partial charge < -0.3 is 25.4 Å². The Morgan fingerprint density at radius 3 is 2.28 bits per heavy atom. The number of alkyl halides is 3. The smallest absolute Gasteiger partial charge is 0.397 e. The standard InChI is InChI=1S/C37H44ClF3N8O3.CH4/c1-45-14-16-46(17-15-45)25-6-12-48(13-7-25)35(51)24(18-23-19-28(37(39,40)41)33(42)29(38)20-23)21-32(50)47-10-8-26(9-11-47)49-31-22-43-30-5-3-2-4-27(30)34(31)44-36(49)52;/h2-5,19-20,22,24-26H,6-18,21,42H2,1H3,(H,44,52);1H4/t24-;/m0./s1.